The first-order valence-corrected chi connectivity index (χ1v) is 7.27. The minimum absolute atomic E-state index is 0.0813. The molecule has 0 bridgehead atoms. The third kappa shape index (κ3) is 4.32. The van der Waals surface area contributed by atoms with Crippen LogP contribution in [0, 0.1) is 6.92 Å². The maximum absolute atomic E-state index is 12.0. The van der Waals surface area contributed by atoms with Crippen LogP contribution in [0.3, 0.4) is 0 Å². The summed E-state index contributed by atoms with van der Waals surface area (Å²) in [5, 5.41) is 11.8. The molecule has 1 amide bonds. The highest BCUT2D eigenvalue weighted by molar-refractivity contribution is 6.00. The molecule has 2 rings (SSSR count). The molecule has 0 atom stereocenters. The molecule has 0 aliphatic rings. The van der Waals surface area contributed by atoms with Crippen molar-refractivity contribution < 1.29 is 19.4 Å². The number of benzene rings is 2. The number of para-hydroxylation sites is 1. The van der Waals surface area contributed by atoms with E-state index in [9.17, 15) is 9.59 Å². The topological polar surface area (TPSA) is 75.6 Å². The molecule has 0 radical (unpaired) electrons. The number of ether oxygens (including phenoxy) is 1. The Bertz CT molecular complexity index is 725. The summed E-state index contributed by atoms with van der Waals surface area (Å²) in [6, 6.07) is 12.2. The monoisotopic (exact) mass is 313 g/mol. The van der Waals surface area contributed by atoms with Crippen molar-refractivity contribution in [1.82, 2.24) is 0 Å². The molecule has 2 aromatic rings. The zero-order valence-electron chi connectivity index (χ0n) is 13.1. The van der Waals surface area contributed by atoms with E-state index in [-0.39, 0.29) is 17.9 Å². The Morgan fingerprint density at radius 3 is 2.61 bits per heavy atom. The van der Waals surface area contributed by atoms with Crippen molar-refractivity contribution in [2.24, 2.45) is 0 Å². The minimum Gasteiger partial charge on any atom is -0.496 e. The average Bonchev–Trinajstić information content (AvgIpc) is 2.54. The van der Waals surface area contributed by atoms with Gasteiger partial charge in [0.05, 0.1) is 18.4 Å². The molecule has 0 spiro atoms. The van der Waals surface area contributed by atoms with Crippen molar-refractivity contribution in [2.75, 3.05) is 12.4 Å². The number of aromatic carboxylic acids is 1. The quantitative estimate of drug-likeness (QED) is 0.858. The molecule has 5 heteroatoms. The summed E-state index contributed by atoms with van der Waals surface area (Å²) in [6.45, 7) is 1.96. The van der Waals surface area contributed by atoms with E-state index in [4.69, 9.17) is 9.84 Å². The number of rotatable bonds is 6. The molecule has 5 nitrogen and oxygen atoms in total. The van der Waals surface area contributed by atoms with Crippen LogP contribution in [0.4, 0.5) is 5.69 Å². The standard InChI is InChI=1S/C18H19NO4/c1-12-7-8-13(11-16(12)23-2)9-10-17(20)19-15-6-4-3-5-14(15)18(21)22/h3-8,11H,9-10H2,1-2H3,(H,19,20)(H,21,22). The lowest BCUT2D eigenvalue weighted by molar-refractivity contribution is -0.116. The number of anilines is 1. The number of carboxylic acid groups (broad SMARTS) is 1. The smallest absolute Gasteiger partial charge is 0.337 e. The zero-order chi connectivity index (χ0) is 16.8. The third-order valence-corrected chi connectivity index (χ3v) is 3.54. The molecule has 120 valence electrons. The Hall–Kier alpha value is -2.82. The second-order valence-electron chi connectivity index (χ2n) is 5.20. The summed E-state index contributed by atoms with van der Waals surface area (Å²) >= 11 is 0. The van der Waals surface area contributed by atoms with Gasteiger partial charge in [0.15, 0.2) is 0 Å². The van der Waals surface area contributed by atoms with E-state index in [0.29, 0.717) is 12.1 Å². The van der Waals surface area contributed by atoms with Crippen molar-refractivity contribution in [3.63, 3.8) is 0 Å². The van der Waals surface area contributed by atoms with Crippen LogP contribution in [-0.2, 0) is 11.2 Å². The van der Waals surface area contributed by atoms with Crippen LogP contribution in [-0.4, -0.2) is 24.1 Å². The summed E-state index contributed by atoms with van der Waals surface area (Å²) in [7, 11) is 1.61. The molecule has 23 heavy (non-hydrogen) atoms. The van der Waals surface area contributed by atoms with Crippen LogP contribution in [0.15, 0.2) is 42.5 Å². The van der Waals surface area contributed by atoms with E-state index in [1.165, 1.54) is 6.07 Å². The molecule has 2 aromatic carbocycles. The van der Waals surface area contributed by atoms with Crippen molar-refractivity contribution in [2.45, 2.75) is 19.8 Å². The van der Waals surface area contributed by atoms with Gasteiger partial charge < -0.3 is 15.2 Å². The first-order valence-electron chi connectivity index (χ1n) is 7.27. The van der Waals surface area contributed by atoms with E-state index in [1.54, 1.807) is 25.3 Å². The fourth-order valence-corrected chi connectivity index (χ4v) is 2.27. The van der Waals surface area contributed by atoms with Crippen LogP contribution in [0.1, 0.15) is 27.9 Å². The van der Waals surface area contributed by atoms with Crippen molar-refractivity contribution in [1.29, 1.82) is 0 Å². The van der Waals surface area contributed by atoms with Crippen molar-refractivity contribution in [3.05, 3.63) is 59.2 Å². The maximum atomic E-state index is 12.0. The summed E-state index contributed by atoms with van der Waals surface area (Å²) < 4.78 is 5.26. The lowest BCUT2D eigenvalue weighted by atomic mass is 10.1. The van der Waals surface area contributed by atoms with Gasteiger partial charge in [0.25, 0.3) is 0 Å². The summed E-state index contributed by atoms with van der Waals surface area (Å²) in [5.41, 5.74) is 2.43. The van der Waals surface area contributed by atoms with Gasteiger partial charge in [-0.1, -0.05) is 24.3 Å². The third-order valence-electron chi connectivity index (χ3n) is 3.54. The molecule has 2 N–H and O–H groups in total. The van der Waals surface area contributed by atoms with Gasteiger partial charge in [0, 0.05) is 6.42 Å². The van der Waals surface area contributed by atoms with Crippen LogP contribution in [0.25, 0.3) is 0 Å². The molecule has 0 aliphatic heterocycles. The van der Waals surface area contributed by atoms with Gasteiger partial charge in [-0.25, -0.2) is 4.79 Å². The Morgan fingerprint density at radius 2 is 1.91 bits per heavy atom. The fraction of sp³-hybridized carbons (Fsp3) is 0.222. The number of hydrogen-bond acceptors (Lipinski definition) is 3. The van der Waals surface area contributed by atoms with Gasteiger partial charge in [0.1, 0.15) is 5.75 Å². The number of nitrogens with one attached hydrogen (secondary N) is 1. The number of carbonyl (C=O) groups excluding carboxylic acids is 1. The molecular weight excluding hydrogens is 294 g/mol. The molecule has 0 saturated heterocycles. The molecule has 0 saturated carbocycles. The van der Waals surface area contributed by atoms with Gasteiger partial charge in [-0.2, -0.15) is 0 Å². The Kier molecular flexibility index (Phi) is 5.36. The molecule has 0 unspecified atom stereocenters. The van der Waals surface area contributed by atoms with Gasteiger partial charge in [0.2, 0.25) is 5.91 Å². The SMILES string of the molecule is COc1cc(CCC(=O)Nc2ccccc2C(=O)O)ccc1C. The Labute approximate surface area is 134 Å². The van der Waals surface area contributed by atoms with Crippen molar-refractivity contribution in [3.8, 4) is 5.75 Å². The van der Waals surface area contributed by atoms with Crippen LogP contribution in [0.2, 0.25) is 0 Å². The average molecular weight is 313 g/mol. The number of aryl methyl sites for hydroxylation is 2. The van der Waals surface area contributed by atoms with E-state index in [0.717, 1.165) is 16.9 Å². The van der Waals surface area contributed by atoms with Gasteiger partial charge in [-0.3, -0.25) is 4.79 Å². The number of amides is 1. The summed E-state index contributed by atoms with van der Waals surface area (Å²) in [6.07, 6.45) is 0.817. The van der Waals surface area contributed by atoms with E-state index in [2.05, 4.69) is 5.32 Å². The van der Waals surface area contributed by atoms with Gasteiger partial charge >= 0.3 is 5.97 Å². The predicted molar refractivity (Wildman–Crippen MR) is 88.1 cm³/mol. The number of methoxy groups -OCH3 is 1. The molecule has 0 aromatic heterocycles. The highest BCUT2D eigenvalue weighted by Gasteiger charge is 2.11. The van der Waals surface area contributed by atoms with Crippen molar-refractivity contribution >= 4 is 17.6 Å². The van der Waals surface area contributed by atoms with Crippen LogP contribution in [0.5, 0.6) is 5.75 Å². The Balaban J connectivity index is 2.00. The van der Waals surface area contributed by atoms with Gasteiger partial charge in [-0.05, 0) is 42.7 Å². The largest absolute Gasteiger partial charge is 0.496 e. The molecule has 0 heterocycles. The lowest BCUT2D eigenvalue weighted by Crippen LogP contribution is -2.15. The van der Waals surface area contributed by atoms with Crippen LogP contribution < -0.4 is 10.1 Å². The number of carboxylic acids is 1. The normalized spacial score (nSPS) is 10.2. The molecule has 0 fully saturated rings. The number of carbonyl (C=O) groups is 2. The predicted octanol–water partition coefficient (Wildman–Crippen LogP) is 3.27. The fourth-order valence-electron chi connectivity index (χ4n) is 2.27. The van der Waals surface area contributed by atoms with E-state index < -0.39 is 5.97 Å². The second-order valence-corrected chi connectivity index (χ2v) is 5.20. The first kappa shape index (κ1) is 16.5. The molecule has 0 aliphatic carbocycles. The second kappa shape index (κ2) is 7.45. The zero-order valence-corrected chi connectivity index (χ0v) is 13.1. The van der Waals surface area contributed by atoms with Crippen LogP contribution >= 0.6 is 0 Å². The highest BCUT2D eigenvalue weighted by atomic mass is 16.5. The summed E-state index contributed by atoms with van der Waals surface area (Å²) in [5.74, 6) is -0.499. The van der Waals surface area contributed by atoms with E-state index in [1.807, 2.05) is 25.1 Å². The Morgan fingerprint density at radius 1 is 1.17 bits per heavy atom. The maximum Gasteiger partial charge on any atom is 0.337 e. The molecular formula is C18H19NO4. The highest BCUT2D eigenvalue weighted by Crippen LogP contribution is 2.20. The lowest BCUT2D eigenvalue weighted by Gasteiger charge is -2.09. The van der Waals surface area contributed by atoms with Gasteiger partial charge in [-0.15, -0.1) is 0 Å². The minimum atomic E-state index is -1.07. The first-order chi connectivity index (χ1) is 11.0. The van der Waals surface area contributed by atoms with E-state index >= 15 is 0 Å². The number of hydrogen-bond donors (Lipinski definition) is 2. The summed E-state index contributed by atoms with van der Waals surface area (Å²) in [4.78, 5) is 23.2.